The summed E-state index contributed by atoms with van der Waals surface area (Å²) in [5.74, 6) is 0. The molecule has 0 radical (unpaired) electrons. The van der Waals surface area contributed by atoms with Gasteiger partial charge in [-0.2, -0.15) is 4.98 Å². The van der Waals surface area contributed by atoms with Crippen molar-refractivity contribution in [2.24, 2.45) is 0 Å². The maximum absolute atomic E-state index is 10.9. The minimum Gasteiger partial charge on any atom is -0.375 e. The SMILES string of the molecule is CNC(=O)Oc1nc2ccc(S)cc2[nH]1. The lowest BCUT2D eigenvalue weighted by Gasteiger charge is -1.96. The highest BCUT2D eigenvalue weighted by Gasteiger charge is 2.07. The number of thiol groups is 1. The minimum absolute atomic E-state index is 0.170. The first kappa shape index (κ1) is 9.85. The number of hydrogen-bond acceptors (Lipinski definition) is 4. The topological polar surface area (TPSA) is 67.0 Å². The Morgan fingerprint density at radius 2 is 2.40 bits per heavy atom. The van der Waals surface area contributed by atoms with Crippen LogP contribution in [0.1, 0.15) is 0 Å². The molecule has 0 fully saturated rings. The van der Waals surface area contributed by atoms with E-state index < -0.39 is 6.09 Å². The molecule has 0 unspecified atom stereocenters. The van der Waals surface area contributed by atoms with E-state index in [0.717, 1.165) is 15.9 Å². The minimum atomic E-state index is -0.555. The number of aromatic amines is 1. The van der Waals surface area contributed by atoms with E-state index in [1.165, 1.54) is 7.05 Å². The second kappa shape index (κ2) is 3.82. The smallest absolute Gasteiger partial charge is 0.375 e. The summed E-state index contributed by atoms with van der Waals surface area (Å²) in [6.45, 7) is 0. The fourth-order valence-corrected chi connectivity index (χ4v) is 1.37. The largest absolute Gasteiger partial charge is 0.414 e. The molecule has 6 heteroatoms. The molecule has 2 rings (SSSR count). The van der Waals surface area contributed by atoms with Crippen molar-refractivity contribution < 1.29 is 9.53 Å². The van der Waals surface area contributed by atoms with Crippen LogP contribution >= 0.6 is 12.6 Å². The third-order valence-corrected chi connectivity index (χ3v) is 2.12. The summed E-state index contributed by atoms with van der Waals surface area (Å²) in [6, 6.07) is 5.59. The Labute approximate surface area is 91.3 Å². The van der Waals surface area contributed by atoms with Gasteiger partial charge in [0.15, 0.2) is 0 Å². The maximum atomic E-state index is 10.9. The zero-order chi connectivity index (χ0) is 10.8. The number of benzene rings is 1. The number of rotatable bonds is 1. The van der Waals surface area contributed by atoms with E-state index in [0.29, 0.717) is 0 Å². The van der Waals surface area contributed by atoms with Gasteiger partial charge in [0.05, 0.1) is 11.0 Å². The van der Waals surface area contributed by atoms with E-state index in [1.807, 2.05) is 12.1 Å². The number of imidazole rings is 1. The van der Waals surface area contributed by atoms with Gasteiger partial charge in [-0.05, 0) is 18.2 Å². The van der Waals surface area contributed by atoms with Gasteiger partial charge in [-0.3, -0.25) is 0 Å². The molecule has 2 N–H and O–H groups in total. The Hall–Kier alpha value is -1.69. The summed E-state index contributed by atoms with van der Waals surface area (Å²) in [7, 11) is 1.48. The van der Waals surface area contributed by atoms with Crippen LogP contribution in [0.2, 0.25) is 0 Å². The van der Waals surface area contributed by atoms with Crippen molar-refractivity contribution in [2.75, 3.05) is 7.05 Å². The number of nitrogens with zero attached hydrogens (tertiary/aromatic N) is 1. The summed E-state index contributed by atoms with van der Waals surface area (Å²) in [5.41, 5.74) is 1.51. The molecule has 0 aliphatic heterocycles. The Balaban J connectivity index is 2.34. The van der Waals surface area contributed by atoms with Crippen LogP contribution in [-0.4, -0.2) is 23.1 Å². The van der Waals surface area contributed by atoms with Gasteiger partial charge < -0.3 is 15.0 Å². The molecule has 1 aromatic heterocycles. The van der Waals surface area contributed by atoms with Crippen LogP contribution in [0.5, 0.6) is 6.01 Å². The summed E-state index contributed by atoms with van der Waals surface area (Å²) >= 11 is 4.19. The predicted octanol–water partition coefficient (Wildman–Crippen LogP) is 1.57. The van der Waals surface area contributed by atoms with Gasteiger partial charge in [0.1, 0.15) is 0 Å². The molecule has 1 aromatic carbocycles. The number of ether oxygens (including phenoxy) is 1. The third kappa shape index (κ3) is 2.04. The van der Waals surface area contributed by atoms with E-state index in [1.54, 1.807) is 6.07 Å². The van der Waals surface area contributed by atoms with Crippen LogP contribution in [-0.2, 0) is 0 Å². The molecule has 0 aliphatic carbocycles. The first-order valence-electron chi connectivity index (χ1n) is 4.27. The van der Waals surface area contributed by atoms with E-state index in [9.17, 15) is 4.79 Å². The number of carbonyl (C=O) groups excluding carboxylic acids is 1. The van der Waals surface area contributed by atoms with Crippen LogP contribution < -0.4 is 10.1 Å². The zero-order valence-corrected chi connectivity index (χ0v) is 8.84. The molecule has 0 spiro atoms. The number of nitrogens with one attached hydrogen (secondary N) is 2. The van der Waals surface area contributed by atoms with Gasteiger partial charge in [0.25, 0.3) is 0 Å². The fraction of sp³-hybridized carbons (Fsp3) is 0.111. The first-order valence-corrected chi connectivity index (χ1v) is 4.72. The van der Waals surface area contributed by atoms with Gasteiger partial charge in [-0.1, -0.05) is 0 Å². The van der Waals surface area contributed by atoms with Gasteiger partial charge in [-0.15, -0.1) is 12.6 Å². The molecule has 0 saturated carbocycles. The Kier molecular flexibility index (Phi) is 2.51. The highest BCUT2D eigenvalue weighted by Crippen LogP contribution is 2.18. The van der Waals surface area contributed by atoms with E-state index >= 15 is 0 Å². The molecule has 1 amide bonds. The first-order chi connectivity index (χ1) is 7.19. The third-order valence-electron chi connectivity index (χ3n) is 1.84. The second-order valence-electron chi connectivity index (χ2n) is 2.88. The molecule has 5 nitrogen and oxygen atoms in total. The molecular weight excluding hydrogens is 214 g/mol. The summed E-state index contributed by atoms with van der Waals surface area (Å²) in [4.78, 5) is 18.7. The standard InChI is InChI=1S/C9H9N3O2S/c1-10-9(13)14-8-11-6-3-2-5(15)4-7(6)12-8/h2-4,15H,1H3,(H,10,13)(H,11,12). The molecular formula is C9H9N3O2S. The van der Waals surface area contributed by atoms with Gasteiger partial charge in [-0.25, -0.2) is 4.79 Å². The van der Waals surface area contributed by atoms with Crippen molar-refractivity contribution in [1.29, 1.82) is 0 Å². The van der Waals surface area contributed by atoms with Crippen molar-refractivity contribution >= 4 is 29.8 Å². The second-order valence-corrected chi connectivity index (χ2v) is 3.40. The molecule has 15 heavy (non-hydrogen) atoms. The molecule has 1 heterocycles. The normalized spacial score (nSPS) is 10.3. The van der Waals surface area contributed by atoms with Gasteiger partial charge >= 0.3 is 12.1 Å². The Bertz CT molecular complexity index is 509. The van der Waals surface area contributed by atoms with Crippen molar-refractivity contribution in [2.45, 2.75) is 4.90 Å². The van der Waals surface area contributed by atoms with Crippen LogP contribution in [0.25, 0.3) is 11.0 Å². The highest BCUT2D eigenvalue weighted by atomic mass is 32.1. The number of fused-ring (bicyclic) bond motifs is 1. The number of H-pyrrole nitrogens is 1. The van der Waals surface area contributed by atoms with Gasteiger partial charge in [0.2, 0.25) is 0 Å². The number of carbonyl (C=O) groups is 1. The Morgan fingerprint density at radius 3 is 3.13 bits per heavy atom. The Morgan fingerprint density at radius 1 is 1.60 bits per heavy atom. The molecule has 0 saturated heterocycles. The lowest BCUT2D eigenvalue weighted by molar-refractivity contribution is 0.199. The van der Waals surface area contributed by atoms with Crippen molar-refractivity contribution in [3.05, 3.63) is 18.2 Å². The maximum Gasteiger partial charge on any atom is 0.414 e. The quantitative estimate of drug-likeness (QED) is 0.643. The van der Waals surface area contributed by atoms with Gasteiger partial charge in [0, 0.05) is 11.9 Å². The number of hydrogen-bond donors (Lipinski definition) is 3. The monoisotopic (exact) mass is 223 g/mol. The van der Waals surface area contributed by atoms with E-state index in [2.05, 4.69) is 27.9 Å². The predicted molar refractivity (Wildman–Crippen MR) is 58.4 cm³/mol. The zero-order valence-electron chi connectivity index (χ0n) is 7.94. The number of amides is 1. The van der Waals surface area contributed by atoms with Crippen molar-refractivity contribution in [3.8, 4) is 6.01 Å². The average Bonchev–Trinajstić information content (AvgIpc) is 2.59. The van der Waals surface area contributed by atoms with Crippen LogP contribution in [0, 0.1) is 0 Å². The average molecular weight is 223 g/mol. The van der Waals surface area contributed by atoms with Crippen LogP contribution in [0.3, 0.4) is 0 Å². The molecule has 2 aromatic rings. The summed E-state index contributed by atoms with van der Waals surface area (Å²) in [6.07, 6.45) is -0.555. The van der Waals surface area contributed by atoms with E-state index in [4.69, 9.17) is 4.74 Å². The summed E-state index contributed by atoms with van der Waals surface area (Å²) < 4.78 is 4.85. The van der Waals surface area contributed by atoms with Crippen molar-refractivity contribution in [3.63, 3.8) is 0 Å². The lowest BCUT2D eigenvalue weighted by Crippen LogP contribution is -2.22. The van der Waals surface area contributed by atoms with E-state index in [-0.39, 0.29) is 6.01 Å². The fourth-order valence-electron chi connectivity index (χ4n) is 1.16. The number of aromatic nitrogens is 2. The van der Waals surface area contributed by atoms with Crippen molar-refractivity contribution in [1.82, 2.24) is 15.3 Å². The highest BCUT2D eigenvalue weighted by molar-refractivity contribution is 7.80. The van der Waals surface area contributed by atoms with Crippen LogP contribution in [0.15, 0.2) is 23.1 Å². The summed E-state index contributed by atoms with van der Waals surface area (Å²) in [5, 5.41) is 2.33. The lowest BCUT2D eigenvalue weighted by atomic mass is 10.3. The van der Waals surface area contributed by atoms with Crippen LogP contribution in [0.4, 0.5) is 4.79 Å². The molecule has 0 bridgehead atoms. The molecule has 0 atom stereocenters. The molecule has 78 valence electrons. The molecule has 0 aliphatic rings.